The Kier molecular flexibility index (Phi) is 9.79. The first-order valence-corrected chi connectivity index (χ1v) is 15.2. The number of carbonyl (C=O) groups excluding carboxylic acids is 2. The minimum atomic E-state index is -0.399. The smallest absolute Gasteiger partial charge is 0.255 e. The number of rotatable bonds is 6. The molecule has 9 nitrogen and oxygen atoms in total. The molecule has 1 aromatic heterocycles. The molecule has 2 N–H and O–H groups in total. The van der Waals surface area contributed by atoms with Crippen LogP contribution in [0.3, 0.4) is 0 Å². The molecule has 5 rings (SSSR count). The second kappa shape index (κ2) is 13.9. The predicted molar refractivity (Wildman–Crippen MR) is 162 cm³/mol. The number of piperidine rings is 1. The summed E-state index contributed by atoms with van der Waals surface area (Å²) in [6.07, 6.45) is 9.84. The van der Waals surface area contributed by atoms with Gasteiger partial charge in [-0.25, -0.2) is 4.98 Å². The molecule has 42 heavy (non-hydrogen) atoms. The van der Waals surface area contributed by atoms with Gasteiger partial charge in [0, 0.05) is 31.0 Å². The standard InChI is InChI=1S/C33H43N5O4/c1-25(2)42-29-10-9-26(21-27(29)23-38-19-15-34-24-38)22-37-17-12-33(13-18-37)11-5-6-14-35-31(39)28-7-3-4-8-30(28)41-20-16-36-32(33)40/h3-4,7-10,15,19,21,24-25H,5-6,11-14,16-18,20,22-23H2,1-2H3,(H,35,39)(H,36,40). The average Bonchev–Trinajstić information content (AvgIpc) is 3.50. The highest BCUT2D eigenvalue weighted by Crippen LogP contribution is 2.38. The van der Waals surface area contributed by atoms with E-state index in [-0.39, 0.29) is 17.9 Å². The SMILES string of the molecule is CC(C)Oc1ccc(CN2CCC3(CCCCNC(=O)c4ccccc4OCCNC3=O)CC2)cc1Cn1ccnc1. The summed E-state index contributed by atoms with van der Waals surface area (Å²) >= 11 is 0. The molecule has 0 unspecified atom stereocenters. The summed E-state index contributed by atoms with van der Waals surface area (Å²) in [5.41, 5.74) is 2.50. The third-order valence-corrected chi connectivity index (χ3v) is 8.25. The molecule has 1 saturated heterocycles. The minimum absolute atomic E-state index is 0.0974. The van der Waals surface area contributed by atoms with Crippen LogP contribution in [0.5, 0.6) is 11.5 Å². The summed E-state index contributed by atoms with van der Waals surface area (Å²) < 4.78 is 14.0. The van der Waals surface area contributed by atoms with E-state index >= 15 is 0 Å². The van der Waals surface area contributed by atoms with E-state index < -0.39 is 5.41 Å². The number of hydrogen-bond donors (Lipinski definition) is 2. The highest BCUT2D eigenvalue weighted by molar-refractivity contribution is 5.96. The lowest BCUT2D eigenvalue weighted by molar-refractivity contribution is -0.134. The Morgan fingerprint density at radius 2 is 1.83 bits per heavy atom. The Morgan fingerprint density at radius 3 is 2.62 bits per heavy atom. The molecule has 0 saturated carbocycles. The summed E-state index contributed by atoms with van der Waals surface area (Å²) in [6, 6.07) is 13.7. The van der Waals surface area contributed by atoms with Crippen LogP contribution in [0.2, 0.25) is 0 Å². The molecule has 0 atom stereocenters. The molecule has 0 aliphatic carbocycles. The van der Waals surface area contributed by atoms with Gasteiger partial charge in [-0.05, 0) is 82.4 Å². The average molecular weight is 574 g/mol. The topological polar surface area (TPSA) is 97.7 Å². The van der Waals surface area contributed by atoms with Gasteiger partial charge >= 0.3 is 0 Å². The maximum atomic E-state index is 13.6. The summed E-state index contributed by atoms with van der Waals surface area (Å²) in [5, 5.41) is 6.17. The van der Waals surface area contributed by atoms with Gasteiger partial charge in [0.25, 0.3) is 5.91 Å². The molecular weight excluding hydrogens is 530 g/mol. The van der Waals surface area contributed by atoms with Crippen molar-refractivity contribution in [2.75, 3.05) is 32.8 Å². The minimum Gasteiger partial charge on any atom is -0.491 e. The summed E-state index contributed by atoms with van der Waals surface area (Å²) in [6.45, 7) is 8.63. The van der Waals surface area contributed by atoms with E-state index in [0.29, 0.717) is 37.6 Å². The number of nitrogens with zero attached hydrogens (tertiary/aromatic N) is 3. The van der Waals surface area contributed by atoms with E-state index in [0.717, 1.165) is 63.1 Å². The third kappa shape index (κ3) is 7.50. The molecule has 2 aromatic carbocycles. The molecule has 224 valence electrons. The molecule has 0 radical (unpaired) electrons. The largest absolute Gasteiger partial charge is 0.491 e. The van der Waals surface area contributed by atoms with Crippen LogP contribution in [0.4, 0.5) is 0 Å². The first-order valence-electron chi connectivity index (χ1n) is 15.2. The van der Waals surface area contributed by atoms with Crippen LogP contribution in [0.25, 0.3) is 0 Å². The highest BCUT2D eigenvalue weighted by Gasteiger charge is 2.40. The molecule has 2 amide bonds. The van der Waals surface area contributed by atoms with Crippen molar-refractivity contribution < 1.29 is 19.1 Å². The molecule has 3 aromatic rings. The van der Waals surface area contributed by atoms with Gasteiger partial charge in [0.05, 0.1) is 36.5 Å². The Balaban J connectivity index is 1.22. The van der Waals surface area contributed by atoms with Crippen molar-refractivity contribution >= 4 is 11.8 Å². The normalized spacial score (nSPS) is 18.5. The van der Waals surface area contributed by atoms with Crippen LogP contribution in [0.1, 0.15) is 67.4 Å². The van der Waals surface area contributed by atoms with Gasteiger partial charge in [-0.1, -0.05) is 24.6 Å². The maximum absolute atomic E-state index is 13.6. The zero-order chi connectivity index (χ0) is 29.4. The van der Waals surface area contributed by atoms with Crippen LogP contribution < -0.4 is 20.1 Å². The van der Waals surface area contributed by atoms with Crippen molar-refractivity contribution in [2.45, 2.75) is 65.1 Å². The first-order chi connectivity index (χ1) is 20.4. The van der Waals surface area contributed by atoms with Crippen LogP contribution >= 0.6 is 0 Å². The third-order valence-electron chi connectivity index (χ3n) is 8.25. The van der Waals surface area contributed by atoms with Crippen molar-refractivity contribution in [2.24, 2.45) is 5.41 Å². The lowest BCUT2D eigenvalue weighted by atomic mass is 9.73. The highest BCUT2D eigenvalue weighted by atomic mass is 16.5. The molecule has 2 aliphatic heterocycles. The fourth-order valence-electron chi connectivity index (χ4n) is 5.97. The summed E-state index contributed by atoms with van der Waals surface area (Å²) in [4.78, 5) is 32.9. The number of benzene rings is 2. The monoisotopic (exact) mass is 573 g/mol. The number of fused-ring (bicyclic) bond motifs is 1. The van der Waals surface area contributed by atoms with E-state index in [1.807, 2.05) is 38.5 Å². The first kappa shape index (κ1) is 29.6. The van der Waals surface area contributed by atoms with Gasteiger partial charge in [0.2, 0.25) is 5.91 Å². The number of nitrogens with one attached hydrogen (secondary N) is 2. The van der Waals surface area contributed by atoms with Gasteiger partial charge in [0.1, 0.15) is 18.1 Å². The number of amides is 2. The molecule has 9 heteroatoms. The van der Waals surface area contributed by atoms with E-state index in [2.05, 4.69) is 43.3 Å². The number of ether oxygens (including phenoxy) is 2. The van der Waals surface area contributed by atoms with Gasteiger partial charge < -0.3 is 24.7 Å². The van der Waals surface area contributed by atoms with Crippen molar-refractivity contribution in [1.82, 2.24) is 25.1 Å². The Bertz CT molecular complexity index is 1330. The number of likely N-dealkylation sites (tertiary alicyclic amines) is 1. The predicted octanol–water partition coefficient (Wildman–Crippen LogP) is 4.41. The van der Waals surface area contributed by atoms with Crippen LogP contribution in [0, 0.1) is 5.41 Å². The second-order valence-electron chi connectivity index (χ2n) is 11.7. The molecule has 1 fully saturated rings. The van der Waals surface area contributed by atoms with Gasteiger partial charge in [0.15, 0.2) is 0 Å². The van der Waals surface area contributed by atoms with Crippen LogP contribution in [-0.4, -0.2) is 65.2 Å². The van der Waals surface area contributed by atoms with Crippen molar-refractivity contribution in [1.29, 1.82) is 0 Å². The quantitative estimate of drug-likeness (QED) is 0.454. The zero-order valence-corrected chi connectivity index (χ0v) is 24.8. The number of hydrogen-bond acceptors (Lipinski definition) is 6. The van der Waals surface area contributed by atoms with Crippen molar-refractivity contribution in [3.05, 3.63) is 77.9 Å². The second-order valence-corrected chi connectivity index (χ2v) is 11.7. The van der Waals surface area contributed by atoms with E-state index in [1.54, 1.807) is 18.3 Å². The lowest BCUT2D eigenvalue weighted by Gasteiger charge is -2.41. The summed E-state index contributed by atoms with van der Waals surface area (Å²) in [7, 11) is 0. The fourth-order valence-corrected chi connectivity index (χ4v) is 5.97. The number of carbonyl (C=O) groups is 2. The van der Waals surface area contributed by atoms with Gasteiger partial charge in [-0.3, -0.25) is 14.5 Å². The molecule has 2 aliphatic rings. The Labute approximate surface area is 248 Å². The molecule has 1 spiro atoms. The zero-order valence-electron chi connectivity index (χ0n) is 24.8. The molecular formula is C33H43N5O4. The fraction of sp³-hybridized carbons (Fsp3) is 0.485. The van der Waals surface area contributed by atoms with E-state index in [4.69, 9.17) is 9.47 Å². The van der Waals surface area contributed by atoms with Gasteiger partial charge in [-0.15, -0.1) is 0 Å². The van der Waals surface area contributed by atoms with Crippen molar-refractivity contribution in [3.8, 4) is 11.5 Å². The van der Waals surface area contributed by atoms with Gasteiger partial charge in [-0.2, -0.15) is 0 Å². The van der Waals surface area contributed by atoms with E-state index in [9.17, 15) is 9.59 Å². The Hall–Kier alpha value is -3.85. The maximum Gasteiger partial charge on any atom is 0.255 e. The summed E-state index contributed by atoms with van der Waals surface area (Å²) in [5.74, 6) is 1.45. The van der Waals surface area contributed by atoms with E-state index in [1.165, 1.54) is 5.56 Å². The molecule has 3 heterocycles. The lowest BCUT2D eigenvalue weighted by Crippen LogP contribution is -2.49. The molecule has 0 bridgehead atoms. The van der Waals surface area contributed by atoms with Crippen LogP contribution in [-0.2, 0) is 17.9 Å². The van der Waals surface area contributed by atoms with Crippen molar-refractivity contribution in [3.63, 3.8) is 0 Å². The van der Waals surface area contributed by atoms with Crippen LogP contribution in [0.15, 0.2) is 61.2 Å². The number of imidazole rings is 1. The number of para-hydroxylation sites is 1. The number of aromatic nitrogens is 2. The Morgan fingerprint density at radius 1 is 1.00 bits per heavy atom.